The first-order chi connectivity index (χ1) is 15.3. The number of nitrogens with one attached hydrogen (secondary N) is 1. The van der Waals surface area contributed by atoms with E-state index in [4.69, 9.17) is 18.9 Å². The van der Waals surface area contributed by atoms with Crippen LogP contribution in [0.5, 0.6) is 17.2 Å². The minimum absolute atomic E-state index is 0.222. The van der Waals surface area contributed by atoms with Crippen molar-refractivity contribution in [3.05, 3.63) is 84.4 Å². The van der Waals surface area contributed by atoms with E-state index in [1.807, 2.05) is 55.5 Å². The molecule has 3 aromatic rings. The Labute approximate surface area is 182 Å². The van der Waals surface area contributed by atoms with Gasteiger partial charge in [-0.15, -0.1) is 0 Å². The number of benzene rings is 3. The minimum Gasteiger partial charge on any atom is -0.490 e. The van der Waals surface area contributed by atoms with E-state index in [-0.39, 0.29) is 5.91 Å². The van der Waals surface area contributed by atoms with Crippen LogP contribution in [0.15, 0.2) is 78.9 Å². The van der Waals surface area contributed by atoms with Crippen molar-refractivity contribution in [2.75, 3.05) is 38.4 Å². The molecule has 0 saturated carbocycles. The summed E-state index contributed by atoms with van der Waals surface area (Å²) in [7, 11) is 0. The van der Waals surface area contributed by atoms with E-state index in [2.05, 4.69) is 5.32 Å². The standard InChI is InChI=1S/C25H27NO5/c1-2-28-16-17-31-24-11-7-6-10-23(24)26-25(27)20-12-14-22(15-13-20)30-19-18-29-21-8-4-3-5-9-21/h3-15H,2,16-19H2,1H3,(H,26,27). The molecular weight excluding hydrogens is 394 g/mol. The van der Waals surface area contributed by atoms with E-state index in [0.717, 1.165) is 5.75 Å². The second-order valence-electron chi connectivity index (χ2n) is 6.53. The number of anilines is 1. The number of ether oxygens (including phenoxy) is 4. The molecule has 0 saturated heterocycles. The third-order valence-corrected chi connectivity index (χ3v) is 4.31. The molecule has 0 spiro atoms. The van der Waals surface area contributed by atoms with Gasteiger partial charge in [0.05, 0.1) is 12.3 Å². The van der Waals surface area contributed by atoms with Crippen LogP contribution in [0.4, 0.5) is 5.69 Å². The van der Waals surface area contributed by atoms with Crippen LogP contribution in [-0.4, -0.2) is 38.9 Å². The second-order valence-corrected chi connectivity index (χ2v) is 6.53. The number of carbonyl (C=O) groups is 1. The molecule has 0 radical (unpaired) electrons. The Morgan fingerprint density at radius 1 is 0.710 bits per heavy atom. The fourth-order valence-corrected chi connectivity index (χ4v) is 2.78. The molecular formula is C25H27NO5. The summed E-state index contributed by atoms with van der Waals surface area (Å²) < 4.78 is 22.3. The van der Waals surface area contributed by atoms with Gasteiger partial charge in [-0.1, -0.05) is 30.3 Å². The molecule has 3 aromatic carbocycles. The van der Waals surface area contributed by atoms with E-state index in [1.54, 1.807) is 30.3 Å². The largest absolute Gasteiger partial charge is 0.490 e. The van der Waals surface area contributed by atoms with Crippen molar-refractivity contribution in [2.24, 2.45) is 0 Å². The molecule has 0 atom stereocenters. The van der Waals surface area contributed by atoms with Gasteiger partial charge in [0.2, 0.25) is 0 Å². The zero-order chi connectivity index (χ0) is 21.7. The van der Waals surface area contributed by atoms with E-state index in [0.29, 0.717) is 55.8 Å². The van der Waals surface area contributed by atoms with E-state index in [9.17, 15) is 4.79 Å². The number of hydrogen-bond donors (Lipinski definition) is 1. The molecule has 0 bridgehead atoms. The summed E-state index contributed by atoms with van der Waals surface area (Å²) in [4.78, 5) is 12.6. The number of hydrogen-bond acceptors (Lipinski definition) is 5. The van der Waals surface area contributed by atoms with Crippen LogP contribution in [-0.2, 0) is 4.74 Å². The molecule has 0 aliphatic carbocycles. The van der Waals surface area contributed by atoms with Crippen LogP contribution in [0, 0.1) is 0 Å². The Balaban J connectivity index is 1.48. The van der Waals surface area contributed by atoms with Crippen molar-refractivity contribution < 1.29 is 23.7 Å². The molecule has 0 aliphatic rings. The Bertz CT molecular complexity index is 928. The van der Waals surface area contributed by atoms with Crippen LogP contribution in [0.3, 0.4) is 0 Å². The molecule has 0 heterocycles. The van der Waals surface area contributed by atoms with Gasteiger partial charge >= 0.3 is 0 Å². The van der Waals surface area contributed by atoms with Gasteiger partial charge in [0, 0.05) is 12.2 Å². The van der Waals surface area contributed by atoms with E-state index < -0.39 is 0 Å². The number of para-hydroxylation sites is 3. The maximum absolute atomic E-state index is 12.6. The molecule has 31 heavy (non-hydrogen) atoms. The van der Waals surface area contributed by atoms with Gasteiger partial charge in [-0.05, 0) is 55.5 Å². The summed E-state index contributed by atoms with van der Waals surface area (Å²) in [6.45, 7) is 4.33. The first kappa shape index (κ1) is 22.2. The molecule has 0 aromatic heterocycles. The Kier molecular flexibility index (Phi) is 8.76. The van der Waals surface area contributed by atoms with Crippen LogP contribution in [0.1, 0.15) is 17.3 Å². The highest BCUT2D eigenvalue weighted by Crippen LogP contribution is 2.24. The van der Waals surface area contributed by atoms with Gasteiger partial charge in [-0.25, -0.2) is 0 Å². The molecule has 0 fully saturated rings. The minimum atomic E-state index is -0.222. The summed E-state index contributed by atoms with van der Waals surface area (Å²) in [5.74, 6) is 1.86. The van der Waals surface area contributed by atoms with Crippen LogP contribution in [0.25, 0.3) is 0 Å². The average Bonchev–Trinajstić information content (AvgIpc) is 2.81. The zero-order valence-electron chi connectivity index (χ0n) is 17.6. The van der Waals surface area contributed by atoms with Crippen LogP contribution < -0.4 is 19.5 Å². The Morgan fingerprint density at radius 2 is 1.32 bits per heavy atom. The van der Waals surface area contributed by atoms with Gasteiger partial charge in [-0.3, -0.25) is 4.79 Å². The highest BCUT2D eigenvalue weighted by molar-refractivity contribution is 6.05. The van der Waals surface area contributed by atoms with Crippen LogP contribution in [0.2, 0.25) is 0 Å². The summed E-state index contributed by atoms with van der Waals surface area (Å²) >= 11 is 0. The third-order valence-electron chi connectivity index (χ3n) is 4.31. The number of rotatable bonds is 12. The molecule has 6 nitrogen and oxygen atoms in total. The van der Waals surface area contributed by atoms with Crippen LogP contribution >= 0.6 is 0 Å². The van der Waals surface area contributed by atoms with Crippen molar-refractivity contribution in [2.45, 2.75) is 6.92 Å². The third kappa shape index (κ3) is 7.35. The van der Waals surface area contributed by atoms with Gasteiger partial charge in [0.15, 0.2) is 0 Å². The summed E-state index contributed by atoms with van der Waals surface area (Å²) in [6.07, 6.45) is 0. The highest BCUT2D eigenvalue weighted by Gasteiger charge is 2.10. The van der Waals surface area contributed by atoms with Crippen molar-refractivity contribution in [1.82, 2.24) is 0 Å². The van der Waals surface area contributed by atoms with Gasteiger partial charge in [0.1, 0.15) is 37.1 Å². The predicted molar refractivity (Wildman–Crippen MR) is 120 cm³/mol. The van der Waals surface area contributed by atoms with Gasteiger partial charge in [0.25, 0.3) is 5.91 Å². The zero-order valence-corrected chi connectivity index (χ0v) is 17.6. The predicted octanol–water partition coefficient (Wildman–Crippen LogP) is 4.81. The fourth-order valence-electron chi connectivity index (χ4n) is 2.78. The fraction of sp³-hybridized carbons (Fsp3) is 0.240. The first-order valence-corrected chi connectivity index (χ1v) is 10.3. The quantitative estimate of drug-likeness (QED) is 0.425. The number of carbonyl (C=O) groups excluding carboxylic acids is 1. The van der Waals surface area contributed by atoms with Crippen molar-refractivity contribution in [3.63, 3.8) is 0 Å². The monoisotopic (exact) mass is 421 g/mol. The van der Waals surface area contributed by atoms with E-state index in [1.165, 1.54) is 0 Å². The topological polar surface area (TPSA) is 66.0 Å². The molecule has 3 rings (SSSR count). The molecule has 1 N–H and O–H groups in total. The van der Waals surface area contributed by atoms with Gasteiger partial charge in [-0.2, -0.15) is 0 Å². The van der Waals surface area contributed by atoms with Gasteiger partial charge < -0.3 is 24.3 Å². The highest BCUT2D eigenvalue weighted by atomic mass is 16.5. The van der Waals surface area contributed by atoms with Crippen molar-refractivity contribution in [3.8, 4) is 17.2 Å². The van der Waals surface area contributed by atoms with E-state index >= 15 is 0 Å². The molecule has 0 unspecified atom stereocenters. The SMILES string of the molecule is CCOCCOc1ccccc1NC(=O)c1ccc(OCCOc2ccccc2)cc1. The lowest BCUT2D eigenvalue weighted by molar-refractivity contribution is 0.102. The lowest BCUT2D eigenvalue weighted by Gasteiger charge is -2.13. The lowest BCUT2D eigenvalue weighted by Crippen LogP contribution is -2.14. The molecule has 0 aliphatic heterocycles. The van der Waals surface area contributed by atoms with Crippen molar-refractivity contribution in [1.29, 1.82) is 0 Å². The van der Waals surface area contributed by atoms with Crippen molar-refractivity contribution >= 4 is 11.6 Å². The molecule has 6 heteroatoms. The maximum Gasteiger partial charge on any atom is 0.255 e. The average molecular weight is 421 g/mol. The molecule has 162 valence electrons. The normalized spacial score (nSPS) is 10.4. The molecule has 1 amide bonds. The smallest absolute Gasteiger partial charge is 0.255 e. The second kappa shape index (κ2) is 12.2. The maximum atomic E-state index is 12.6. The number of amides is 1. The first-order valence-electron chi connectivity index (χ1n) is 10.3. The Morgan fingerprint density at radius 3 is 2.03 bits per heavy atom. The Hall–Kier alpha value is -3.51. The lowest BCUT2D eigenvalue weighted by atomic mass is 10.2. The summed E-state index contributed by atoms with van der Waals surface area (Å²) in [6, 6.07) is 23.9. The summed E-state index contributed by atoms with van der Waals surface area (Å²) in [5.41, 5.74) is 1.14. The summed E-state index contributed by atoms with van der Waals surface area (Å²) in [5, 5.41) is 2.89.